The van der Waals surface area contributed by atoms with Gasteiger partial charge in [0.15, 0.2) is 0 Å². The normalized spacial score (nSPS) is 65.7. The Hall–Kier alpha value is -0.160. The van der Waals surface area contributed by atoms with Crippen molar-refractivity contribution >= 4 is 0 Å². The Bertz CT molecular complexity index is 971. The minimum atomic E-state index is -0.453. The molecule has 2 saturated heterocycles. The summed E-state index contributed by atoms with van der Waals surface area (Å²) in [6.07, 6.45) is 16.8. The summed E-state index contributed by atoms with van der Waals surface area (Å²) < 4.78 is 0. The lowest BCUT2D eigenvalue weighted by atomic mass is 9.35. The van der Waals surface area contributed by atoms with Crippen molar-refractivity contribution < 1.29 is 15.3 Å². The van der Waals surface area contributed by atoms with Gasteiger partial charge in [0, 0.05) is 19.1 Å². The van der Waals surface area contributed by atoms with Gasteiger partial charge in [0.2, 0.25) is 0 Å². The second kappa shape index (κ2) is 7.56. The van der Waals surface area contributed by atoms with Gasteiger partial charge in [-0.05, 0) is 153 Å². The van der Waals surface area contributed by atoms with Crippen LogP contribution in [0.3, 0.4) is 0 Å². The fraction of sp³-hybridized carbons (Fsp3) is 1.00. The molecule has 9 rings (SSSR count). The van der Waals surface area contributed by atoms with Crippen LogP contribution < -0.4 is 0 Å². The van der Waals surface area contributed by atoms with Gasteiger partial charge in [-0.2, -0.15) is 0 Å². The summed E-state index contributed by atoms with van der Waals surface area (Å²) in [5, 5.41) is 35.5. The van der Waals surface area contributed by atoms with Gasteiger partial charge >= 0.3 is 0 Å². The van der Waals surface area contributed by atoms with Crippen LogP contribution in [0.15, 0.2) is 0 Å². The Morgan fingerprint density at radius 3 is 2.54 bits per heavy atom. The molecule has 0 aromatic heterocycles. The standard InChI is InChI=1S/C33H51NO3/c1-18-4-7-29-33(37)9-2-3-19-11-24-22(23(30(19)33)17-34(29)16-18)12-28-31(24)10-8-21-6-5-20-14-32(21,28)25(13-26(20)35)27(36)15-31/h18-30,35-37H,2-17H2,1H3/t18-,19-,20-,21-,22+,23-,24+,25+,26+,27-,28-,29-,30-,31-,32+,33+/m0/s1. The van der Waals surface area contributed by atoms with Crippen LogP contribution in [-0.4, -0.2) is 57.2 Å². The van der Waals surface area contributed by atoms with Crippen LogP contribution >= 0.6 is 0 Å². The molecule has 0 radical (unpaired) electrons. The average Bonchev–Trinajstić information content (AvgIpc) is 3.21. The molecular weight excluding hydrogens is 458 g/mol. The van der Waals surface area contributed by atoms with E-state index in [1.807, 2.05) is 0 Å². The maximum Gasteiger partial charge on any atom is 0.0836 e. The van der Waals surface area contributed by atoms with Crippen molar-refractivity contribution in [3.8, 4) is 0 Å². The number of rotatable bonds is 0. The van der Waals surface area contributed by atoms with Crippen molar-refractivity contribution in [2.75, 3.05) is 13.1 Å². The second-order valence-electron chi connectivity index (χ2n) is 16.6. The van der Waals surface area contributed by atoms with Crippen molar-refractivity contribution in [3.05, 3.63) is 0 Å². The zero-order valence-corrected chi connectivity index (χ0v) is 23.1. The minimum absolute atomic E-state index is 0.182. The van der Waals surface area contributed by atoms with Crippen molar-refractivity contribution in [2.24, 2.45) is 70.0 Å². The van der Waals surface area contributed by atoms with Crippen molar-refractivity contribution in [2.45, 2.75) is 121 Å². The molecule has 0 unspecified atom stereocenters. The number of aliphatic hydroxyl groups is 3. The van der Waals surface area contributed by atoms with Crippen molar-refractivity contribution in [1.29, 1.82) is 0 Å². The summed E-state index contributed by atoms with van der Waals surface area (Å²) in [5.74, 6) is 6.54. The molecule has 4 nitrogen and oxygen atoms in total. The van der Waals surface area contributed by atoms with Crippen LogP contribution in [0, 0.1) is 70.0 Å². The van der Waals surface area contributed by atoms with Gasteiger partial charge < -0.3 is 15.3 Å². The van der Waals surface area contributed by atoms with Crippen molar-refractivity contribution in [3.63, 3.8) is 0 Å². The molecule has 0 aromatic rings. The van der Waals surface area contributed by atoms with E-state index in [0.717, 1.165) is 48.9 Å². The van der Waals surface area contributed by atoms with Crippen LogP contribution in [0.25, 0.3) is 0 Å². The van der Waals surface area contributed by atoms with E-state index in [2.05, 4.69) is 11.8 Å². The summed E-state index contributed by atoms with van der Waals surface area (Å²) >= 11 is 0. The number of piperidine rings is 2. The van der Waals surface area contributed by atoms with Gasteiger partial charge in [-0.25, -0.2) is 0 Å². The molecule has 2 heterocycles. The first-order valence-corrected chi connectivity index (χ1v) is 16.7. The van der Waals surface area contributed by atoms with Crippen LogP contribution in [-0.2, 0) is 0 Å². The lowest BCUT2D eigenvalue weighted by Crippen LogP contribution is -2.71. The molecule has 4 heteroatoms. The highest BCUT2D eigenvalue weighted by Crippen LogP contribution is 2.80. The number of hydrogen-bond acceptors (Lipinski definition) is 4. The molecule has 9 fully saturated rings. The predicted molar refractivity (Wildman–Crippen MR) is 142 cm³/mol. The highest BCUT2D eigenvalue weighted by Gasteiger charge is 2.75. The molecule has 37 heavy (non-hydrogen) atoms. The van der Waals surface area contributed by atoms with E-state index < -0.39 is 5.60 Å². The monoisotopic (exact) mass is 509 g/mol. The van der Waals surface area contributed by atoms with Crippen molar-refractivity contribution in [1.82, 2.24) is 4.90 Å². The lowest BCUT2D eigenvalue weighted by molar-refractivity contribution is -0.255. The average molecular weight is 510 g/mol. The van der Waals surface area contributed by atoms with Gasteiger partial charge in [-0.1, -0.05) is 13.3 Å². The van der Waals surface area contributed by atoms with E-state index in [1.54, 1.807) is 0 Å². The Morgan fingerprint density at radius 1 is 0.757 bits per heavy atom. The van der Waals surface area contributed by atoms with Crippen LogP contribution in [0.1, 0.15) is 96.8 Å². The predicted octanol–water partition coefficient (Wildman–Crippen LogP) is 4.85. The van der Waals surface area contributed by atoms with Crippen LogP contribution in [0.5, 0.6) is 0 Å². The highest BCUT2D eigenvalue weighted by atomic mass is 16.3. The summed E-state index contributed by atoms with van der Waals surface area (Å²) in [4.78, 5) is 2.79. The first-order chi connectivity index (χ1) is 17.8. The number of hydrogen-bond donors (Lipinski definition) is 3. The van der Waals surface area contributed by atoms with Gasteiger partial charge in [-0.3, -0.25) is 4.90 Å². The van der Waals surface area contributed by atoms with Gasteiger partial charge in [0.25, 0.3) is 0 Å². The zero-order chi connectivity index (χ0) is 24.9. The van der Waals surface area contributed by atoms with Gasteiger partial charge in [0.1, 0.15) is 0 Å². The molecule has 2 aliphatic heterocycles. The van der Waals surface area contributed by atoms with Crippen LogP contribution in [0.2, 0.25) is 0 Å². The summed E-state index contributed by atoms with van der Waals surface area (Å²) in [7, 11) is 0. The first kappa shape index (κ1) is 23.5. The molecule has 1 spiro atoms. The quantitative estimate of drug-likeness (QED) is 0.437. The summed E-state index contributed by atoms with van der Waals surface area (Å²) in [5.41, 5.74) is 0.188. The fourth-order valence-corrected chi connectivity index (χ4v) is 15.1. The Balaban J connectivity index is 1.15. The summed E-state index contributed by atoms with van der Waals surface area (Å²) in [6.45, 7) is 4.87. The smallest absolute Gasteiger partial charge is 0.0836 e. The van der Waals surface area contributed by atoms with E-state index in [0.29, 0.717) is 46.5 Å². The molecule has 206 valence electrons. The van der Waals surface area contributed by atoms with Gasteiger partial charge in [0.05, 0.1) is 17.8 Å². The number of aliphatic hydroxyl groups excluding tert-OH is 2. The molecule has 9 aliphatic rings. The number of nitrogens with zero attached hydrogens (tertiary/aromatic N) is 1. The fourth-order valence-electron chi connectivity index (χ4n) is 15.1. The Kier molecular flexibility index (Phi) is 4.81. The highest BCUT2D eigenvalue weighted by molar-refractivity contribution is 5.25. The third-order valence-corrected chi connectivity index (χ3v) is 15.9. The third kappa shape index (κ3) is 2.72. The zero-order valence-electron chi connectivity index (χ0n) is 23.1. The third-order valence-electron chi connectivity index (χ3n) is 15.9. The Labute approximate surface area is 224 Å². The van der Waals surface area contributed by atoms with Gasteiger partial charge in [-0.15, -0.1) is 0 Å². The molecular formula is C33H51NO3. The molecule has 3 bridgehead atoms. The molecule has 7 aliphatic carbocycles. The lowest BCUT2D eigenvalue weighted by Gasteiger charge is -2.71. The second-order valence-corrected chi connectivity index (χ2v) is 16.6. The van der Waals surface area contributed by atoms with Crippen LogP contribution in [0.4, 0.5) is 0 Å². The maximum absolute atomic E-state index is 12.6. The van der Waals surface area contributed by atoms with E-state index in [-0.39, 0.29) is 12.2 Å². The molecule has 0 amide bonds. The Morgan fingerprint density at radius 2 is 1.65 bits per heavy atom. The molecule has 16 atom stereocenters. The molecule has 7 saturated carbocycles. The maximum atomic E-state index is 12.6. The van der Waals surface area contributed by atoms with E-state index in [4.69, 9.17) is 0 Å². The first-order valence-electron chi connectivity index (χ1n) is 16.7. The largest absolute Gasteiger partial charge is 0.393 e. The molecule has 3 N–H and O–H groups in total. The minimum Gasteiger partial charge on any atom is -0.393 e. The molecule has 0 aromatic carbocycles. The summed E-state index contributed by atoms with van der Waals surface area (Å²) in [6, 6.07) is 0.408. The topological polar surface area (TPSA) is 63.9 Å². The SMILES string of the molecule is C[C@H]1CC[C@@H]2N(C1)C[C@H]1[C@H]3C[C@H]4[C@]5(CC[C@@H]6CC[C@H]7C[C@]64[C@H](C[C@H]7O)[C@@H](O)C5)[C@@H]3C[C@@H]3CCC[C@]2(O)[C@@H]31. The van der Waals surface area contributed by atoms with E-state index >= 15 is 0 Å². The van der Waals surface area contributed by atoms with E-state index in [9.17, 15) is 15.3 Å². The number of fused-ring (bicyclic) bond motifs is 5. The van der Waals surface area contributed by atoms with E-state index in [1.165, 1.54) is 83.7 Å².